The predicted molar refractivity (Wildman–Crippen MR) is 51.8 cm³/mol. The Morgan fingerprint density at radius 2 is 2.13 bits per heavy atom. The maximum atomic E-state index is 8.98. The van der Waals surface area contributed by atoms with Gasteiger partial charge in [-0.25, -0.2) is 4.68 Å². The lowest BCUT2D eigenvalue weighted by Gasteiger charge is -2.04. The second-order valence-corrected chi connectivity index (χ2v) is 2.81. The predicted octanol–water partition coefficient (Wildman–Crippen LogP) is 1.42. The van der Waals surface area contributed by atoms with Crippen LogP contribution in [-0.4, -0.2) is 9.78 Å². The monoisotopic (exact) mass is 193 g/mol. The fourth-order valence-corrected chi connectivity index (χ4v) is 1.31. The molecule has 15 heavy (non-hydrogen) atoms. The molecule has 0 N–H and O–H groups in total. The molecule has 0 atom stereocenters. The molecule has 0 amide bonds. The highest BCUT2D eigenvalue weighted by Crippen LogP contribution is 2.16. The van der Waals surface area contributed by atoms with Gasteiger partial charge in [-0.15, -0.1) is 0 Å². The Morgan fingerprint density at radius 1 is 1.27 bits per heavy atom. The molecule has 0 aliphatic carbocycles. The van der Waals surface area contributed by atoms with E-state index in [4.69, 9.17) is 10.5 Å². The fourth-order valence-electron chi connectivity index (χ4n) is 1.31. The average molecular weight is 193 g/mol. The van der Waals surface area contributed by atoms with Crippen LogP contribution in [-0.2, 0) is 0 Å². The Hall–Kier alpha value is -2.59. The first-order valence-electron chi connectivity index (χ1n) is 4.21. The first-order valence-corrected chi connectivity index (χ1v) is 4.21. The average Bonchev–Trinajstić information content (AvgIpc) is 2.81. The van der Waals surface area contributed by atoms with Crippen molar-refractivity contribution in [2.45, 2.75) is 0 Å². The molecule has 0 aliphatic rings. The molecule has 1 radical (unpaired) electrons. The van der Waals surface area contributed by atoms with Gasteiger partial charge in [-0.3, -0.25) is 0 Å². The number of aromatic nitrogens is 2. The van der Waals surface area contributed by atoms with E-state index in [1.807, 2.05) is 12.1 Å². The van der Waals surface area contributed by atoms with Crippen LogP contribution >= 0.6 is 0 Å². The summed E-state index contributed by atoms with van der Waals surface area (Å²) in [6, 6.07) is 11.8. The summed E-state index contributed by atoms with van der Waals surface area (Å²) in [5.41, 5.74) is 1.28. The smallest absolute Gasteiger partial charge is 0.103 e. The number of hydrogen-bond acceptors (Lipinski definition) is 3. The highest BCUT2D eigenvalue weighted by Gasteiger charge is 2.08. The van der Waals surface area contributed by atoms with Crippen LogP contribution in [0.15, 0.2) is 30.6 Å². The molecule has 1 aromatic carbocycles. The Morgan fingerprint density at radius 3 is 2.73 bits per heavy atom. The maximum Gasteiger partial charge on any atom is 0.103 e. The number of benzene rings is 1. The molecule has 69 valence electrons. The molecule has 2 rings (SSSR count). The number of hydrogen-bond donors (Lipinski definition) is 0. The molecule has 0 spiro atoms. The van der Waals surface area contributed by atoms with E-state index in [0.29, 0.717) is 16.8 Å². The highest BCUT2D eigenvalue weighted by molar-refractivity contribution is 5.57. The van der Waals surface area contributed by atoms with Gasteiger partial charge in [0.15, 0.2) is 0 Å². The van der Waals surface area contributed by atoms with Gasteiger partial charge in [-0.05, 0) is 12.1 Å². The van der Waals surface area contributed by atoms with Crippen molar-refractivity contribution in [3.05, 3.63) is 47.8 Å². The lowest BCUT2D eigenvalue weighted by molar-refractivity contribution is 0.876. The van der Waals surface area contributed by atoms with E-state index in [1.54, 1.807) is 24.4 Å². The quantitative estimate of drug-likeness (QED) is 0.687. The van der Waals surface area contributed by atoms with Crippen molar-refractivity contribution >= 4 is 0 Å². The van der Waals surface area contributed by atoms with Crippen molar-refractivity contribution in [2.75, 3.05) is 0 Å². The largest absolute Gasteiger partial charge is 0.239 e. The van der Waals surface area contributed by atoms with Gasteiger partial charge in [0.2, 0.25) is 0 Å². The number of nitrogens with zero attached hydrogens (tertiary/aromatic N) is 4. The van der Waals surface area contributed by atoms with Crippen LogP contribution < -0.4 is 0 Å². The molecule has 1 heterocycles. The standard InChI is InChI=1S/C11H5N4/c12-7-9-3-1-4-11(10(9)8-13)15-6-2-5-14-15/h1,3-6H. The second kappa shape index (κ2) is 3.65. The molecular formula is C11H5N4. The molecule has 4 heteroatoms. The summed E-state index contributed by atoms with van der Waals surface area (Å²) in [5, 5.41) is 21.8. The minimum atomic E-state index is 0.331. The Balaban J connectivity index is 2.70. The van der Waals surface area contributed by atoms with E-state index >= 15 is 0 Å². The summed E-state index contributed by atoms with van der Waals surface area (Å²) >= 11 is 0. The molecular weight excluding hydrogens is 188 g/mol. The zero-order valence-electron chi connectivity index (χ0n) is 7.68. The van der Waals surface area contributed by atoms with E-state index in [1.165, 1.54) is 10.9 Å². The van der Waals surface area contributed by atoms with Crippen LogP contribution in [0.25, 0.3) is 5.69 Å². The van der Waals surface area contributed by atoms with Crippen LogP contribution in [0, 0.1) is 28.7 Å². The van der Waals surface area contributed by atoms with E-state index in [0.717, 1.165) is 0 Å². The first kappa shape index (κ1) is 8.98. The zero-order valence-corrected chi connectivity index (χ0v) is 7.68. The van der Waals surface area contributed by atoms with Crippen molar-refractivity contribution in [3.63, 3.8) is 0 Å². The van der Waals surface area contributed by atoms with Crippen molar-refractivity contribution in [1.29, 1.82) is 10.5 Å². The van der Waals surface area contributed by atoms with Crippen LogP contribution in [0.4, 0.5) is 0 Å². The molecule has 0 fully saturated rings. The fraction of sp³-hybridized carbons (Fsp3) is 0. The van der Waals surface area contributed by atoms with Gasteiger partial charge in [-0.2, -0.15) is 15.6 Å². The number of rotatable bonds is 1. The SMILES string of the molecule is N#Cc1cccc(-n2c[c]cn2)c1C#N. The summed E-state index contributed by atoms with van der Waals surface area (Å²) in [5.74, 6) is 0. The van der Waals surface area contributed by atoms with Gasteiger partial charge in [0.25, 0.3) is 0 Å². The summed E-state index contributed by atoms with van der Waals surface area (Å²) in [6.45, 7) is 0. The third-order valence-electron chi connectivity index (χ3n) is 1.98. The van der Waals surface area contributed by atoms with Crippen molar-refractivity contribution < 1.29 is 0 Å². The maximum absolute atomic E-state index is 8.98. The van der Waals surface area contributed by atoms with Crippen LogP contribution in [0.5, 0.6) is 0 Å². The van der Waals surface area contributed by atoms with Crippen LogP contribution in [0.1, 0.15) is 11.1 Å². The second-order valence-electron chi connectivity index (χ2n) is 2.81. The molecule has 0 saturated carbocycles. The van der Waals surface area contributed by atoms with Gasteiger partial charge in [-0.1, -0.05) is 6.07 Å². The Kier molecular flexibility index (Phi) is 2.19. The van der Waals surface area contributed by atoms with Crippen molar-refractivity contribution in [1.82, 2.24) is 9.78 Å². The lowest BCUT2D eigenvalue weighted by atomic mass is 10.1. The van der Waals surface area contributed by atoms with Gasteiger partial charge in [0, 0.05) is 12.3 Å². The van der Waals surface area contributed by atoms with Gasteiger partial charge < -0.3 is 0 Å². The van der Waals surface area contributed by atoms with Gasteiger partial charge >= 0.3 is 0 Å². The van der Waals surface area contributed by atoms with Crippen molar-refractivity contribution in [2.24, 2.45) is 0 Å². The molecule has 0 unspecified atom stereocenters. The molecule has 1 aromatic heterocycles. The topological polar surface area (TPSA) is 65.4 Å². The Bertz CT molecular complexity index is 555. The third-order valence-corrected chi connectivity index (χ3v) is 1.98. The minimum Gasteiger partial charge on any atom is -0.239 e. The zero-order chi connectivity index (χ0) is 10.7. The first-order chi connectivity index (χ1) is 7.36. The van der Waals surface area contributed by atoms with E-state index in [2.05, 4.69) is 11.2 Å². The lowest BCUT2D eigenvalue weighted by Crippen LogP contribution is -1.99. The normalized spacial score (nSPS) is 9.20. The molecule has 0 saturated heterocycles. The highest BCUT2D eigenvalue weighted by atomic mass is 15.3. The summed E-state index contributed by atoms with van der Waals surface area (Å²) in [4.78, 5) is 0. The van der Waals surface area contributed by atoms with Crippen molar-refractivity contribution in [3.8, 4) is 17.8 Å². The molecule has 2 aromatic rings. The van der Waals surface area contributed by atoms with E-state index in [9.17, 15) is 0 Å². The van der Waals surface area contributed by atoms with Gasteiger partial charge in [0.1, 0.15) is 12.1 Å². The minimum absolute atomic E-state index is 0.331. The van der Waals surface area contributed by atoms with Gasteiger partial charge in [0.05, 0.1) is 23.0 Å². The molecule has 0 bridgehead atoms. The summed E-state index contributed by atoms with van der Waals surface area (Å²) in [6.07, 6.45) is 3.11. The van der Waals surface area contributed by atoms with E-state index < -0.39 is 0 Å². The van der Waals surface area contributed by atoms with Crippen LogP contribution in [0.2, 0.25) is 0 Å². The summed E-state index contributed by atoms with van der Waals surface area (Å²) < 4.78 is 1.51. The molecule has 4 nitrogen and oxygen atoms in total. The van der Waals surface area contributed by atoms with E-state index in [-0.39, 0.29) is 0 Å². The number of nitriles is 2. The van der Waals surface area contributed by atoms with Crippen LogP contribution in [0.3, 0.4) is 0 Å². The molecule has 0 aliphatic heterocycles. The summed E-state index contributed by atoms with van der Waals surface area (Å²) in [7, 11) is 0. The Labute approximate surface area is 86.6 Å². The third kappa shape index (κ3) is 1.45.